The largest absolute Gasteiger partial charge is 0.444 e. The molecule has 1 amide bonds. The molecule has 0 unspecified atom stereocenters. The van der Waals surface area contributed by atoms with Crippen molar-refractivity contribution in [1.82, 2.24) is 14.9 Å². The molecule has 1 aliphatic rings. The van der Waals surface area contributed by atoms with E-state index in [0.29, 0.717) is 30.2 Å². The van der Waals surface area contributed by atoms with Gasteiger partial charge in [-0.15, -0.1) is 0 Å². The molecule has 1 fully saturated rings. The highest BCUT2D eigenvalue weighted by Crippen LogP contribution is 2.22. The lowest BCUT2D eigenvalue weighted by Crippen LogP contribution is -2.36. The van der Waals surface area contributed by atoms with Gasteiger partial charge in [0.1, 0.15) is 10.6 Å². The molecule has 0 aromatic carbocycles. The first kappa shape index (κ1) is 15.9. The molecule has 2 atom stereocenters. The second-order valence-electron chi connectivity index (χ2n) is 6.08. The van der Waals surface area contributed by atoms with Crippen molar-refractivity contribution >= 4 is 16.9 Å². The van der Waals surface area contributed by atoms with Gasteiger partial charge in [0.25, 0.3) is 0 Å². The van der Waals surface area contributed by atoms with E-state index in [1.165, 1.54) is 0 Å². The minimum absolute atomic E-state index is 0.118. The lowest BCUT2D eigenvalue weighted by molar-refractivity contribution is 0.0295. The average Bonchev–Trinajstić information content (AvgIpc) is 2.86. The van der Waals surface area contributed by atoms with Crippen molar-refractivity contribution in [1.29, 1.82) is 0 Å². The Morgan fingerprint density at radius 2 is 2.05 bits per heavy atom. The van der Waals surface area contributed by atoms with E-state index < -0.39 is 16.4 Å². The summed E-state index contributed by atoms with van der Waals surface area (Å²) in [4.78, 5) is 21.9. The molecule has 0 N–H and O–H groups in total. The van der Waals surface area contributed by atoms with Crippen molar-refractivity contribution in [2.24, 2.45) is 0 Å². The van der Waals surface area contributed by atoms with Gasteiger partial charge in [-0.1, -0.05) is 0 Å². The van der Waals surface area contributed by atoms with Crippen LogP contribution in [0.15, 0.2) is 17.4 Å². The van der Waals surface area contributed by atoms with Gasteiger partial charge in [0, 0.05) is 25.5 Å². The van der Waals surface area contributed by atoms with Crippen molar-refractivity contribution in [3.63, 3.8) is 0 Å². The van der Waals surface area contributed by atoms with E-state index in [2.05, 4.69) is 9.97 Å². The molecule has 0 spiro atoms. The summed E-state index contributed by atoms with van der Waals surface area (Å²) in [5, 5.41) is 0.390. The van der Waals surface area contributed by atoms with E-state index in [1.807, 2.05) is 20.8 Å². The van der Waals surface area contributed by atoms with Gasteiger partial charge in [-0.3, -0.25) is 9.19 Å². The Bertz CT molecular complexity index is 557. The molecular formula is C14H21N3O3S. The molecule has 116 valence electrons. The predicted molar refractivity (Wildman–Crippen MR) is 79.4 cm³/mol. The summed E-state index contributed by atoms with van der Waals surface area (Å²) in [6, 6.07) is 0. The van der Waals surface area contributed by atoms with Crippen molar-refractivity contribution in [2.75, 3.05) is 13.1 Å². The second-order valence-corrected chi connectivity index (χ2v) is 7.73. The van der Waals surface area contributed by atoms with Gasteiger partial charge in [0.15, 0.2) is 0 Å². The van der Waals surface area contributed by atoms with E-state index in [4.69, 9.17) is 4.74 Å². The van der Waals surface area contributed by atoms with E-state index in [0.717, 1.165) is 0 Å². The number of hydrogen-bond donors (Lipinski definition) is 0. The Kier molecular flexibility index (Phi) is 4.61. The van der Waals surface area contributed by atoms with Crippen LogP contribution >= 0.6 is 0 Å². The summed E-state index contributed by atoms with van der Waals surface area (Å²) in [6.45, 7) is 8.28. The normalized spacial score (nSPS) is 20.4. The minimum atomic E-state index is -1.25. The molecule has 0 bridgehead atoms. The average molecular weight is 311 g/mol. The van der Waals surface area contributed by atoms with Crippen LogP contribution in [0.25, 0.3) is 0 Å². The van der Waals surface area contributed by atoms with E-state index in [-0.39, 0.29) is 11.3 Å². The number of carbonyl (C=O) groups is 1. The highest BCUT2D eigenvalue weighted by atomic mass is 32.2. The predicted octanol–water partition coefficient (Wildman–Crippen LogP) is 1.90. The van der Waals surface area contributed by atoms with Crippen LogP contribution in [0.2, 0.25) is 0 Å². The number of ether oxygens (including phenoxy) is 1. The summed E-state index contributed by atoms with van der Waals surface area (Å²) in [7, 11) is -1.25. The fourth-order valence-electron chi connectivity index (χ4n) is 2.15. The molecule has 0 saturated carbocycles. The number of aromatic nitrogens is 2. The third-order valence-electron chi connectivity index (χ3n) is 3.13. The minimum Gasteiger partial charge on any atom is -0.444 e. The summed E-state index contributed by atoms with van der Waals surface area (Å²) in [5.41, 5.74) is 0.155. The standard InChI is InChI=1S/C14H21N3O3S/c1-10-12(16-7-6-15-10)21(19)11-5-8-17(9-11)13(18)20-14(2,3)4/h6-7,11H,5,8-9H2,1-4H3/t11-,21+/m1/s1. The third-order valence-corrected chi connectivity index (χ3v) is 4.90. The molecule has 1 aromatic heterocycles. The smallest absolute Gasteiger partial charge is 0.410 e. The molecule has 0 aliphatic carbocycles. The van der Waals surface area contributed by atoms with Gasteiger partial charge < -0.3 is 9.64 Å². The van der Waals surface area contributed by atoms with E-state index in [1.54, 1.807) is 24.2 Å². The van der Waals surface area contributed by atoms with Gasteiger partial charge in [0.05, 0.1) is 21.7 Å². The zero-order chi connectivity index (χ0) is 15.6. The monoisotopic (exact) mass is 311 g/mol. The molecular weight excluding hydrogens is 290 g/mol. The molecule has 6 nitrogen and oxygen atoms in total. The highest BCUT2D eigenvalue weighted by Gasteiger charge is 2.34. The fraction of sp³-hybridized carbons (Fsp3) is 0.643. The number of rotatable bonds is 2. The maximum Gasteiger partial charge on any atom is 0.410 e. The number of aryl methyl sites for hydroxylation is 1. The maximum absolute atomic E-state index is 12.6. The lowest BCUT2D eigenvalue weighted by Gasteiger charge is -2.24. The van der Waals surface area contributed by atoms with Crippen LogP contribution in [-0.4, -0.2) is 49.1 Å². The van der Waals surface area contributed by atoms with Gasteiger partial charge >= 0.3 is 6.09 Å². The summed E-state index contributed by atoms with van der Waals surface area (Å²) in [6.07, 6.45) is 3.46. The number of likely N-dealkylation sites (tertiary alicyclic amines) is 1. The van der Waals surface area contributed by atoms with Crippen LogP contribution < -0.4 is 0 Å². The Morgan fingerprint density at radius 3 is 2.67 bits per heavy atom. The van der Waals surface area contributed by atoms with Gasteiger partial charge in [0.2, 0.25) is 0 Å². The SMILES string of the molecule is Cc1nccnc1[S@@](=O)[C@@H]1CCN(C(=O)OC(C)(C)C)C1. The third kappa shape index (κ3) is 4.00. The van der Waals surface area contributed by atoms with Crippen LogP contribution in [0.4, 0.5) is 4.79 Å². The number of nitrogens with zero attached hydrogens (tertiary/aromatic N) is 3. The molecule has 2 heterocycles. The number of carbonyl (C=O) groups excluding carboxylic acids is 1. The Morgan fingerprint density at radius 1 is 1.38 bits per heavy atom. The van der Waals surface area contributed by atoms with Crippen molar-refractivity contribution in [3.8, 4) is 0 Å². The number of hydrogen-bond acceptors (Lipinski definition) is 5. The highest BCUT2D eigenvalue weighted by molar-refractivity contribution is 7.85. The summed E-state index contributed by atoms with van der Waals surface area (Å²) in [5.74, 6) is 0. The van der Waals surface area contributed by atoms with E-state index >= 15 is 0 Å². The van der Waals surface area contributed by atoms with Crippen LogP contribution in [0.3, 0.4) is 0 Å². The van der Waals surface area contributed by atoms with Crippen LogP contribution in [0, 0.1) is 6.92 Å². The molecule has 1 aliphatic heterocycles. The van der Waals surface area contributed by atoms with Gasteiger partial charge in [-0.25, -0.2) is 9.78 Å². The lowest BCUT2D eigenvalue weighted by atomic mass is 10.2. The Balaban J connectivity index is 2.01. The second kappa shape index (κ2) is 6.09. The van der Waals surface area contributed by atoms with Crippen molar-refractivity contribution in [2.45, 2.75) is 50.0 Å². The van der Waals surface area contributed by atoms with Crippen LogP contribution in [-0.2, 0) is 15.5 Å². The first-order chi connectivity index (χ1) is 9.78. The Hall–Kier alpha value is -1.50. The first-order valence-corrected chi connectivity index (χ1v) is 8.15. The molecule has 21 heavy (non-hydrogen) atoms. The van der Waals surface area contributed by atoms with Crippen LogP contribution in [0.1, 0.15) is 32.9 Å². The quantitative estimate of drug-likeness (QED) is 0.834. The molecule has 2 rings (SSSR count). The summed E-state index contributed by atoms with van der Waals surface area (Å²) < 4.78 is 17.9. The molecule has 7 heteroatoms. The Labute approximate surface area is 127 Å². The first-order valence-electron chi connectivity index (χ1n) is 6.94. The topological polar surface area (TPSA) is 72.4 Å². The van der Waals surface area contributed by atoms with Crippen molar-refractivity contribution in [3.05, 3.63) is 18.1 Å². The van der Waals surface area contributed by atoms with E-state index in [9.17, 15) is 9.00 Å². The van der Waals surface area contributed by atoms with Crippen LogP contribution in [0.5, 0.6) is 0 Å². The van der Waals surface area contributed by atoms with Gasteiger partial charge in [-0.05, 0) is 34.1 Å². The molecule has 0 radical (unpaired) electrons. The van der Waals surface area contributed by atoms with Crippen molar-refractivity contribution < 1.29 is 13.7 Å². The zero-order valence-corrected chi connectivity index (χ0v) is 13.6. The van der Waals surface area contributed by atoms with Gasteiger partial charge in [-0.2, -0.15) is 0 Å². The summed E-state index contributed by atoms with van der Waals surface area (Å²) >= 11 is 0. The number of amides is 1. The maximum atomic E-state index is 12.6. The molecule has 1 aromatic rings. The fourth-order valence-corrected chi connectivity index (χ4v) is 3.60. The zero-order valence-electron chi connectivity index (χ0n) is 12.8. The molecule has 1 saturated heterocycles.